The van der Waals surface area contributed by atoms with Crippen LogP contribution in [0.3, 0.4) is 0 Å². The topological polar surface area (TPSA) is 56.3 Å². The van der Waals surface area contributed by atoms with Crippen LogP contribution >= 0.6 is 0 Å². The monoisotopic (exact) mass is 284 g/mol. The predicted molar refractivity (Wildman–Crippen MR) is 73.4 cm³/mol. The van der Waals surface area contributed by atoms with Gasteiger partial charge in [0, 0.05) is 25.2 Å². The first-order chi connectivity index (χ1) is 9.49. The molecule has 0 spiro atoms. The van der Waals surface area contributed by atoms with Gasteiger partial charge in [-0.1, -0.05) is 0 Å². The number of likely N-dealkylation sites (N-methyl/N-ethyl adjacent to an activating group) is 1. The maximum atomic E-state index is 13.6. The van der Waals surface area contributed by atoms with E-state index in [9.17, 15) is 8.78 Å². The lowest BCUT2D eigenvalue weighted by Crippen LogP contribution is -2.19. The van der Waals surface area contributed by atoms with Gasteiger partial charge in [-0.15, -0.1) is 0 Å². The van der Waals surface area contributed by atoms with E-state index in [1.54, 1.807) is 4.57 Å². The molecule has 2 N–H and O–H groups in total. The second-order valence-corrected chi connectivity index (χ2v) is 4.79. The Balaban J connectivity index is 2.08. The van der Waals surface area contributed by atoms with Crippen LogP contribution in [0.1, 0.15) is 0 Å². The first kappa shape index (κ1) is 14.7. The zero-order valence-corrected chi connectivity index (χ0v) is 11.6. The Morgan fingerprint density at radius 3 is 2.75 bits per heavy atom. The first-order valence-electron chi connectivity index (χ1n) is 6.32. The van der Waals surface area contributed by atoms with E-state index < -0.39 is 11.6 Å². The number of benzene rings is 1. The number of rotatable bonds is 6. The molecule has 0 bridgehead atoms. The first-order valence-corrected chi connectivity index (χ1v) is 6.32. The van der Waals surface area contributed by atoms with Crippen molar-refractivity contribution in [1.82, 2.24) is 14.5 Å². The molecular formula is C13H18F2N4O. The van der Waals surface area contributed by atoms with Crippen LogP contribution in [-0.2, 0) is 11.3 Å². The second-order valence-electron chi connectivity index (χ2n) is 4.79. The molecule has 0 aliphatic heterocycles. The molecule has 0 aliphatic rings. The van der Waals surface area contributed by atoms with Gasteiger partial charge in [-0.05, 0) is 14.1 Å². The number of fused-ring (bicyclic) bond motifs is 1. The average molecular weight is 284 g/mol. The summed E-state index contributed by atoms with van der Waals surface area (Å²) in [7, 11) is 3.91. The maximum absolute atomic E-state index is 13.6. The Morgan fingerprint density at radius 2 is 2.05 bits per heavy atom. The van der Waals surface area contributed by atoms with Crippen LogP contribution in [0.2, 0.25) is 0 Å². The van der Waals surface area contributed by atoms with E-state index in [2.05, 4.69) is 4.98 Å². The Bertz CT molecular complexity index is 598. The molecule has 0 aliphatic carbocycles. The fraction of sp³-hybridized carbons (Fsp3) is 0.462. The van der Waals surface area contributed by atoms with Crippen LogP contribution in [-0.4, -0.2) is 48.3 Å². The highest BCUT2D eigenvalue weighted by Gasteiger charge is 2.13. The molecule has 1 aromatic carbocycles. The molecule has 0 fully saturated rings. The minimum Gasteiger partial charge on any atom is -0.378 e. The molecule has 2 aromatic rings. The van der Waals surface area contributed by atoms with Crippen molar-refractivity contribution in [1.29, 1.82) is 0 Å². The van der Waals surface area contributed by atoms with Gasteiger partial charge in [0.15, 0.2) is 5.82 Å². The van der Waals surface area contributed by atoms with E-state index in [4.69, 9.17) is 10.5 Å². The number of imidazole rings is 1. The minimum absolute atomic E-state index is 0.0807. The van der Waals surface area contributed by atoms with Gasteiger partial charge in [-0.2, -0.15) is 0 Å². The van der Waals surface area contributed by atoms with Gasteiger partial charge in [-0.25, -0.2) is 13.8 Å². The van der Waals surface area contributed by atoms with Crippen LogP contribution in [0.15, 0.2) is 12.1 Å². The summed E-state index contributed by atoms with van der Waals surface area (Å²) < 4.78 is 33.8. The predicted octanol–water partition coefficient (Wildman–Crippen LogP) is 1.47. The molecule has 5 nitrogen and oxygen atoms in total. The summed E-state index contributed by atoms with van der Waals surface area (Å²) in [5, 5.41) is 0. The molecule has 1 heterocycles. The average Bonchev–Trinajstić information content (AvgIpc) is 2.66. The Hall–Kier alpha value is -1.73. The van der Waals surface area contributed by atoms with Crippen molar-refractivity contribution in [2.45, 2.75) is 6.54 Å². The van der Waals surface area contributed by atoms with Crippen molar-refractivity contribution >= 4 is 17.0 Å². The molecule has 7 heteroatoms. The van der Waals surface area contributed by atoms with E-state index in [0.29, 0.717) is 25.3 Å². The number of anilines is 1. The van der Waals surface area contributed by atoms with Crippen LogP contribution in [0, 0.1) is 11.6 Å². The van der Waals surface area contributed by atoms with Crippen molar-refractivity contribution in [2.75, 3.05) is 39.6 Å². The Kier molecular flexibility index (Phi) is 4.51. The number of halogens is 2. The zero-order chi connectivity index (χ0) is 14.7. The molecule has 0 unspecified atom stereocenters. The molecule has 110 valence electrons. The number of hydrogen-bond acceptors (Lipinski definition) is 4. The Labute approximate surface area is 115 Å². The summed E-state index contributed by atoms with van der Waals surface area (Å²) >= 11 is 0. The number of hydrogen-bond donors (Lipinski definition) is 1. The number of nitrogen functional groups attached to an aromatic ring is 1. The Morgan fingerprint density at radius 1 is 1.30 bits per heavy atom. The highest BCUT2D eigenvalue weighted by molar-refractivity contribution is 5.79. The van der Waals surface area contributed by atoms with Crippen LogP contribution < -0.4 is 5.73 Å². The fourth-order valence-electron chi connectivity index (χ4n) is 1.91. The smallest absolute Gasteiger partial charge is 0.201 e. The van der Waals surface area contributed by atoms with Gasteiger partial charge in [0.25, 0.3) is 0 Å². The van der Waals surface area contributed by atoms with Gasteiger partial charge < -0.3 is 19.9 Å². The highest BCUT2D eigenvalue weighted by Crippen LogP contribution is 2.21. The molecule has 1 aromatic heterocycles. The lowest BCUT2D eigenvalue weighted by molar-refractivity contribution is 0.112. The standard InChI is InChI=1S/C13H18F2N4O/c1-18(2)3-5-20-6-4-19-11-8-9(14)7-10(15)12(11)17-13(19)16/h7-8H,3-6H2,1-2H3,(H2,16,17). The zero-order valence-electron chi connectivity index (χ0n) is 11.6. The van der Waals surface area contributed by atoms with Crippen molar-refractivity contribution in [3.8, 4) is 0 Å². The summed E-state index contributed by atoms with van der Waals surface area (Å²) in [5.41, 5.74) is 6.16. The number of ether oxygens (including phenoxy) is 1. The number of nitrogens with zero attached hydrogens (tertiary/aromatic N) is 3. The quantitative estimate of drug-likeness (QED) is 0.816. The lowest BCUT2D eigenvalue weighted by Gasteiger charge is -2.11. The second kappa shape index (κ2) is 6.15. The van der Waals surface area contributed by atoms with Gasteiger partial charge >= 0.3 is 0 Å². The van der Waals surface area contributed by atoms with Crippen LogP contribution in [0.25, 0.3) is 11.0 Å². The molecule has 0 amide bonds. The van der Waals surface area contributed by atoms with Crippen LogP contribution in [0.4, 0.5) is 14.7 Å². The van der Waals surface area contributed by atoms with Gasteiger partial charge in [0.1, 0.15) is 11.3 Å². The molecule has 0 atom stereocenters. The molecule has 0 saturated carbocycles. The van der Waals surface area contributed by atoms with Gasteiger partial charge in [0.2, 0.25) is 5.95 Å². The minimum atomic E-state index is -0.709. The number of nitrogens with two attached hydrogens (primary N) is 1. The van der Waals surface area contributed by atoms with Gasteiger partial charge in [0.05, 0.1) is 18.7 Å². The van der Waals surface area contributed by atoms with Crippen molar-refractivity contribution in [2.24, 2.45) is 0 Å². The van der Waals surface area contributed by atoms with Crippen molar-refractivity contribution in [3.05, 3.63) is 23.8 Å². The number of aromatic nitrogens is 2. The molecular weight excluding hydrogens is 266 g/mol. The third-order valence-electron chi connectivity index (χ3n) is 2.94. The largest absolute Gasteiger partial charge is 0.378 e. The lowest BCUT2D eigenvalue weighted by atomic mass is 10.3. The van der Waals surface area contributed by atoms with E-state index in [0.717, 1.165) is 12.6 Å². The summed E-state index contributed by atoms with van der Waals surface area (Å²) in [6.07, 6.45) is 0. The summed E-state index contributed by atoms with van der Waals surface area (Å²) in [4.78, 5) is 5.92. The summed E-state index contributed by atoms with van der Waals surface area (Å²) in [6.45, 7) is 2.20. The fourth-order valence-corrected chi connectivity index (χ4v) is 1.91. The van der Waals surface area contributed by atoms with Crippen molar-refractivity contribution < 1.29 is 13.5 Å². The van der Waals surface area contributed by atoms with E-state index in [1.165, 1.54) is 6.07 Å². The SMILES string of the molecule is CN(C)CCOCCn1c(N)nc2c(F)cc(F)cc21. The maximum Gasteiger partial charge on any atom is 0.201 e. The molecule has 2 rings (SSSR count). The van der Waals surface area contributed by atoms with E-state index in [-0.39, 0.29) is 11.5 Å². The molecule has 20 heavy (non-hydrogen) atoms. The van der Waals surface area contributed by atoms with E-state index in [1.807, 2.05) is 19.0 Å². The summed E-state index contributed by atoms with van der Waals surface area (Å²) in [6, 6.07) is 2.02. The van der Waals surface area contributed by atoms with Crippen molar-refractivity contribution in [3.63, 3.8) is 0 Å². The van der Waals surface area contributed by atoms with Crippen LogP contribution in [0.5, 0.6) is 0 Å². The molecule has 0 radical (unpaired) electrons. The highest BCUT2D eigenvalue weighted by atomic mass is 19.1. The third-order valence-corrected chi connectivity index (χ3v) is 2.94. The third kappa shape index (κ3) is 3.23. The van der Waals surface area contributed by atoms with Gasteiger partial charge in [-0.3, -0.25) is 0 Å². The van der Waals surface area contributed by atoms with E-state index >= 15 is 0 Å². The summed E-state index contributed by atoms with van der Waals surface area (Å²) in [5.74, 6) is -1.20. The normalized spacial score (nSPS) is 11.7. The molecule has 0 saturated heterocycles.